The third kappa shape index (κ3) is 62.5. The van der Waals surface area contributed by atoms with Crippen LogP contribution in [0.15, 0.2) is 36.5 Å². The molecule has 6 nitrogen and oxygen atoms in total. The first-order valence-corrected chi connectivity index (χ1v) is 34.0. The number of esters is 3. The summed E-state index contributed by atoms with van der Waals surface area (Å²) < 4.78 is 16.9. The van der Waals surface area contributed by atoms with Gasteiger partial charge in [0.05, 0.1) is 0 Å². The molecule has 1 atom stereocenters. The molecule has 0 N–H and O–H groups in total. The number of allylic oxidation sites excluding steroid dienone is 6. The molecule has 0 aliphatic rings. The Morgan fingerprint density at radius 2 is 0.474 bits per heavy atom. The highest BCUT2D eigenvalue weighted by Crippen LogP contribution is 2.18. The number of unbranched alkanes of at least 4 members (excludes halogenated alkanes) is 46. The van der Waals surface area contributed by atoms with Crippen LogP contribution < -0.4 is 0 Å². The van der Waals surface area contributed by atoms with Crippen LogP contribution >= 0.6 is 0 Å². The lowest BCUT2D eigenvalue weighted by Crippen LogP contribution is -2.30. The Hall–Kier alpha value is -2.37. The highest BCUT2D eigenvalue weighted by molar-refractivity contribution is 5.71. The number of hydrogen-bond donors (Lipinski definition) is 0. The molecule has 0 saturated carbocycles. The fourth-order valence-corrected chi connectivity index (χ4v) is 10.2. The first-order valence-electron chi connectivity index (χ1n) is 34.0. The predicted molar refractivity (Wildman–Crippen MR) is 330 cm³/mol. The molecule has 0 aliphatic carbocycles. The summed E-state index contributed by atoms with van der Waals surface area (Å²) in [5, 5.41) is 0. The van der Waals surface area contributed by atoms with Crippen molar-refractivity contribution in [2.75, 3.05) is 13.2 Å². The van der Waals surface area contributed by atoms with Gasteiger partial charge in [0.15, 0.2) is 6.10 Å². The average molecular weight is 1070 g/mol. The second-order valence-electron chi connectivity index (χ2n) is 23.1. The van der Waals surface area contributed by atoms with Crippen molar-refractivity contribution in [3.05, 3.63) is 36.5 Å². The molecule has 0 aliphatic heterocycles. The number of hydrogen-bond acceptors (Lipinski definition) is 6. The summed E-state index contributed by atoms with van der Waals surface area (Å²) >= 11 is 0. The van der Waals surface area contributed by atoms with Crippen molar-refractivity contribution < 1.29 is 28.6 Å². The van der Waals surface area contributed by atoms with Crippen molar-refractivity contribution in [2.45, 2.75) is 380 Å². The molecule has 0 aromatic heterocycles. The van der Waals surface area contributed by atoms with E-state index in [2.05, 4.69) is 57.2 Å². The number of carbonyl (C=O) groups is 3. The van der Waals surface area contributed by atoms with Crippen LogP contribution in [-0.4, -0.2) is 37.2 Å². The molecule has 0 spiro atoms. The van der Waals surface area contributed by atoms with Crippen LogP contribution in [0.2, 0.25) is 0 Å². The second-order valence-corrected chi connectivity index (χ2v) is 23.1. The Balaban J connectivity index is 4.17. The Morgan fingerprint density at radius 3 is 0.737 bits per heavy atom. The van der Waals surface area contributed by atoms with Crippen LogP contribution in [0.3, 0.4) is 0 Å². The van der Waals surface area contributed by atoms with Gasteiger partial charge in [0, 0.05) is 19.3 Å². The van der Waals surface area contributed by atoms with Crippen LogP contribution in [0.1, 0.15) is 374 Å². The van der Waals surface area contributed by atoms with E-state index in [1.54, 1.807) is 0 Å². The Kier molecular flexibility index (Phi) is 63.1. The van der Waals surface area contributed by atoms with Gasteiger partial charge in [0.1, 0.15) is 13.2 Å². The minimum atomic E-state index is -0.772. The first-order chi connectivity index (χ1) is 37.5. The topological polar surface area (TPSA) is 78.9 Å². The monoisotopic (exact) mass is 1070 g/mol. The van der Waals surface area contributed by atoms with E-state index in [0.717, 1.165) is 70.6 Å². The molecule has 6 heteroatoms. The van der Waals surface area contributed by atoms with Crippen molar-refractivity contribution in [1.29, 1.82) is 0 Å². The summed E-state index contributed by atoms with van der Waals surface area (Å²) in [5.41, 5.74) is 0. The minimum Gasteiger partial charge on any atom is -0.462 e. The fourth-order valence-electron chi connectivity index (χ4n) is 10.2. The maximum atomic E-state index is 12.9. The lowest BCUT2D eigenvalue weighted by molar-refractivity contribution is -0.167. The zero-order chi connectivity index (χ0) is 55.0. The molecule has 0 bridgehead atoms. The van der Waals surface area contributed by atoms with Crippen LogP contribution in [0, 0.1) is 0 Å². The Labute approximate surface area is 474 Å². The van der Waals surface area contributed by atoms with Gasteiger partial charge in [-0.15, -0.1) is 0 Å². The van der Waals surface area contributed by atoms with Crippen LogP contribution in [0.4, 0.5) is 0 Å². The summed E-state index contributed by atoms with van der Waals surface area (Å²) in [4.78, 5) is 38.3. The molecule has 76 heavy (non-hydrogen) atoms. The number of ether oxygens (including phenoxy) is 3. The van der Waals surface area contributed by atoms with E-state index in [4.69, 9.17) is 14.2 Å². The normalized spacial score (nSPS) is 12.2. The van der Waals surface area contributed by atoms with Gasteiger partial charge < -0.3 is 14.2 Å². The van der Waals surface area contributed by atoms with Crippen LogP contribution in [0.25, 0.3) is 0 Å². The van der Waals surface area contributed by atoms with Crippen LogP contribution in [-0.2, 0) is 28.6 Å². The van der Waals surface area contributed by atoms with Crippen molar-refractivity contribution in [1.82, 2.24) is 0 Å². The number of carbonyl (C=O) groups excluding carboxylic acids is 3. The van der Waals surface area contributed by atoms with Gasteiger partial charge in [0.25, 0.3) is 0 Å². The van der Waals surface area contributed by atoms with Gasteiger partial charge >= 0.3 is 17.9 Å². The van der Waals surface area contributed by atoms with Gasteiger partial charge in [-0.2, -0.15) is 0 Å². The van der Waals surface area contributed by atoms with Crippen molar-refractivity contribution in [3.63, 3.8) is 0 Å². The molecule has 0 saturated heterocycles. The Bertz CT molecular complexity index is 1270. The van der Waals surface area contributed by atoms with E-state index in [1.807, 2.05) is 0 Å². The van der Waals surface area contributed by atoms with E-state index in [1.165, 1.54) is 263 Å². The maximum Gasteiger partial charge on any atom is 0.306 e. The molecule has 0 aromatic carbocycles. The second kappa shape index (κ2) is 65.2. The molecule has 0 aromatic rings. The summed E-state index contributed by atoms with van der Waals surface area (Å²) in [6, 6.07) is 0. The highest BCUT2D eigenvalue weighted by Gasteiger charge is 2.19. The van der Waals surface area contributed by atoms with Gasteiger partial charge in [-0.05, 0) is 77.0 Å². The highest BCUT2D eigenvalue weighted by atomic mass is 16.6. The molecular formula is C70H130O6. The maximum absolute atomic E-state index is 12.9. The predicted octanol–water partition coefficient (Wildman–Crippen LogP) is 23.2. The molecule has 446 valence electrons. The van der Waals surface area contributed by atoms with E-state index in [0.29, 0.717) is 19.3 Å². The molecule has 0 heterocycles. The minimum absolute atomic E-state index is 0.0691. The van der Waals surface area contributed by atoms with Gasteiger partial charge in [0.2, 0.25) is 0 Å². The van der Waals surface area contributed by atoms with Crippen molar-refractivity contribution in [2.24, 2.45) is 0 Å². The van der Waals surface area contributed by atoms with E-state index < -0.39 is 6.10 Å². The van der Waals surface area contributed by atoms with E-state index in [-0.39, 0.29) is 31.1 Å². The molecule has 0 amide bonds. The summed E-state index contributed by atoms with van der Waals surface area (Å²) in [7, 11) is 0. The first kappa shape index (κ1) is 73.6. The third-order valence-electron chi connectivity index (χ3n) is 15.4. The summed E-state index contributed by atoms with van der Waals surface area (Å²) in [6.07, 6.45) is 80.2. The van der Waals surface area contributed by atoms with E-state index >= 15 is 0 Å². The van der Waals surface area contributed by atoms with E-state index in [9.17, 15) is 14.4 Å². The standard InChI is InChI=1S/C70H130O6/c1-4-7-10-13-16-19-22-25-28-29-30-31-32-33-34-35-36-37-38-39-40-41-43-45-48-51-54-57-60-63-69(72)75-66-67(65-74-68(71)62-59-56-53-50-47-44-27-24-21-18-15-12-9-6-3)76-70(73)64-61-58-55-52-49-46-42-26-23-20-17-14-11-8-5-2/h22,24-25,27,29-30,67H,4-21,23,26,28,31-66H2,1-3H3/b25-22-,27-24-,30-29-. The zero-order valence-electron chi connectivity index (χ0n) is 51.3. The summed E-state index contributed by atoms with van der Waals surface area (Å²) in [6.45, 7) is 6.68. The van der Waals surface area contributed by atoms with Crippen molar-refractivity contribution >= 4 is 17.9 Å². The molecule has 0 rings (SSSR count). The molecule has 0 fully saturated rings. The SMILES string of the molecule is CCCCCCC/C=C\C/C=C\CCCCCCCCCCCCCCCCCCCC(=O)OCC(COC(=O)CCCCCCC/C=C\CCCCCCC)OC(=O)CCCCCCCCCCCCCCCCC. The Morgan fingerprint density at radius 1 is 0.263 bits per heavy atom. The molecule has 0 radical (unpaired) electrons. The smallest absolute Gasteiger partial charge is 0.306 e. The summed E-state index contributed by atoms with van der Waals surface area (Å²) in [5.74, 6) is -0.851. The average Bonchev–Trinajstić information content (AvgIpc) is 3.42. The van der Waals surface area contributed by atoms with Crippen molar-refractivity contribution in [3.8, 4) is 0 Å². The third-order valence-corrected chi connectivity index (χ3v) is 15.4. The van der Waals surface area contributed by atoms with Gasteiger partial charge in [-0.1, -0.05) is 314 Å². The van der Waals surface area contributed by atoms with Gasteiger partial charge in [-0.25, -0.2) is 0 Å². The lowest BCUT2D eigenvalue weighted by Gasteiger charge is -2.18. The number of rotatable bonds is 63. The zero-order valence-corrected chi connectivity index (χ0v) is 51.3. The lowest BCUT2D eigenvalue weighted by atomic mass is 10.0. The largest absolute Gasteiger partial charge is 0.462 e. The fraction of sp³-hybridized carbons (Fsp3) is 0.871. The van der Waals surface area contributed by atoms with Crippen LogP contribution in [0.5, 0.6) is 0 Å². The molecular weight excluding hydrogens is 937 g/mol. The quantitative estimate of drug-likeness (QED) is 0.0261. The molecule has 1 unspecified atom stereocenters. The van der Waals surface area contributed by atoms with Gasteiger partial charge in [-0.3, -0.25) is 14.4 Å².